The Morgan fingerprint density at radius 2 is 2.35 bits per heavy atom. The zero-order valence-electron chi connectivity index (χ0n) is 12.1. The van der Waals surface area contributed by atoms with Crippen molar-refractivity contribution < 1.29 is 14.9 Å². The first-order valence-electron chi connectivity index (χ1n) is 6.90. The van der Waals surface area contributed by atoms with Gasteiger partial charge in [0, 0.05) is 43.5 Å². The molecule has 20 heavy (non-hydrogen) atoms. The molecule has 6 nitrogen and oxygen atoms in total. The minimum Gasteiger partial charge on any atom is -0.506 e. The Hall–Kier alpha value is -1.21. The third-order valence-corrected chi connectivity index (χ3v) is 3.62. The first-order valence-corrected chi connectivity index (χ1v) is 6.90. The van der Waals surface area contributed by atoms with E-state index < -0.39 is 0 Å². The number of aryl methyl sites for hydroxylation is 1. The third kappa shape index (κ3) is 3.67. The zero-order valence-corrected chi connectivity index (χ0v) is 12.1. The molecule has 0 aliphatic carbocycles. The van der Waals surface area contributed by atoms with Crippen LogP contribution in [0.5, 0.6) is 5.75 Å². The molecule has 1 aromatic rings. The van der Waals surface area contributed by atoms with E-state index in [1.807, 2.05) is 0 Å². The lowest BCUT2D eigenvalue weighted by Crippen LogP contribution is -2.44. The summed E-state index contributed by atoms with van der Waals surface area (Å²) < 4.78 is 5.67. The summed E-state index contributed by atoms with van der Waals surface area (Å²) in [5, 5.41) is 22.6. The van der Waals surface area contributed by atoms with E-state index in [9.17, 15) is 10.2 Å². The lowest BCUT2D eigenvalue weighted by Gasteiger charge is -2.30. The number of pyridine rings is 1. The van der Waals surface area contributed by atoms with Gasteiger partial charge < -0.3 is 25.2 Å². The summed E-state index contributed by atoms with van der Waals surface area (Å²) in [6.45, 7) is 5.46. The molecule has 3 N–H and O–H groups in total. The maximum atomic E-state index is 10.0. The predicted molar refractivity (Wildman–Crippen MR) is 75.5 cm³/mol. The molecule has 1 aromatic heterocycles. The molecule has 1 unspecified atom stereocenters. The molecular weight excluding hydrogens is 258 g/mol. The molecule has 0 saturated carbocycles. The molecule has 0 radical (unpaired) electrons. The Morgan fingerprint density at radius 3 is 3.05 bits per heavy atom. The average molecular weight is 281 g/mol. The van der Waals surface area contributed by atoms with Crippen LogP contribution in [-0.2, 0) is 17.9 Å². The Bertz CT molecular complexity index is 454. The summed E-state index contributed by atoms with van der Waals surface area (Å²) in [4.78, 5) is 6.29. The van der Waals surface area contributed by atoms with Crippen LogP contribution in [0.25, 0.3) is 0 Å². The maximum Gasteiger partial charge on any atom is 0.141 e. The Labute approximate surface area is 119 Å². The fourth-order valence-corrected chi connectivity index (χ4v) is 2.37. The van der Waals surface area contributed by atoms with Crippen LogP contribution in [0.4, 0.5) is 0 Å². The van der Waals surface area contributed by atoms with Crippen LogP contribution in [0.3, 0.4) is 0 Å². The quantitative estimate of drug-likeness (QED) is 0.705. The first-order chi connectivity index (χ1) is 9.61. The van der Waals surface area contributed by atoms with Gasteiger partial charge in [0.05, 0.1) is 25.0 Å². The highest BCUT2D eigenvalue weighted by Gasteiger charge is 2.18. The number of hydrogen-bond donors (Lipinski definition) is 3. The summed E-state index contributed by atoms with van der Waals surface area (Å²) in [6, 6.07) is 0. The molecule has 1 fully saturated rings. The van der Waals surface area contributed by atoms with Gasteiger partial charge in [0.15, 0.2) is 0 Å². The minimum atomic E-state index is -0.124. The van der Waals surface area contributed by atoms with Gasteiger partial charge in [0.2, 0.25) is 0 Å². The van der Waals surface area contributed by atoms with Gasteiger partial charge in [-0.1, -0.05) is 0 Å². The van der Waals surface area contributed by atoms with Crippen molar-refractivity contribution in [3.8, 4) is 5.75 Å². The molecule has 1 atom stereocenters. The number of ether oxygens (including phenoxy) is 1. The number of aliphatic hydroxyl groups is 1. The first kappa shape index (κ1) is 15.2. The molecule has 1 aliphatic heterocycles. The van der Waals surface area contributed by atoms with Crippen molar-refractivity contribution in [2.24, 2.45) is 0 Å². The predicted octanol–water partition coefficient (Wildman–Crippen LogP) is 0.00812. The molecule has 0 spiro atoms. The largest absolute Gasteiger partial charge is 0.506 e. The van der Waals surface area contributed by atoms with Crippen LogP contribution in [0.2, 0.25) is 0 Å². The standard InChI is InChI=1S/C14H23N3O3/c1-10-14(19)13(11(9-18)5-16-10)7-15-6-12-8-17(2)3-4-20-12/h5,12,15,18-19H,3-4,6-9H2,1-2H3. The van der Waals surface area contributed by atoms with Gasteiger partial charge in [0.25, 0.3) is 0 Å². The smallest absolute Gasteiger partial charge is 0.141 e. The second kappa shape index (κ2) is 6.99. The summed E-state index contributed by atoms with van der Waals surface area (Å²) in [7, 11) is 2.08. The monoisotopic (exact) mass is 281 g/mol. The number of rotatable bonds is 5. The summed E-state index contributed by atoms with van der Waals surface area (Å²) in [5.41, 5.74) is 1.94. The van der Waals surface area contributed by atoms with Crippen LogP contribution in [-0.4, -0.2) is 59.5 Å². The molecule has 112 valence electrons. The molecule has 2 heterocycles. The van der Waals surface area contributed by atoms with Gasteiger partial charge in [-0.2, -0.15) is 0 Å². The average Bonchev–Trinajstić information content (AvgIpc) is 2.44. The van der Waals surface area contributed by atoms with Crippen LogP contribution < -0.4 is 5.32 Å². The number of nitrogens with one attached hydrogen (secondary N) is 1. The second-order valence-corrected chi connectivity index (χ2v) is 5.24. The van der Waals surface area contributed by atoms with E-state index in [0.29, 0.717) is 23.4 Å². The Kier molecular flexibility index (Phi) is 5.31. The lowest BCUT2D eigenvalue weighted by atomic mass is 10.1. The Balaban J connectivity index is 1.92. The van der Waals surface area contributed by atoms with E-state index in [-0.39, 0.29) is 18.5 Å². The third-order valence-electron chi connectivity index (χ3n) is 3.62. The number of likely N-dealkylation sites (N-methyl/N-ethyl adjacent to an activating group) is 1. The van der Waals surface area contributed by atoms with Crippen molar-refractivity contribution in [1.29, 1.82) is 0 Å². The van der Waals surface area contributed by atoms with E-state index in [0.717, 1.165) is 26.2 Å². The molecule has 6 heteroatoms. The van der Waals surface area contributed by atoms with Crippen LogP contribution in [0.15, 0.2) is 6.20 Å². The summed E-state index contributed by atoms with van der Waals surface area (Å²) in [6.07, 6.45) is 1.77. The van der Waals surface area contributed by atoms with Crippen molar-refractivity contribution >= 4 is 0 Å². The van der Waals surface area contributed by atoms with Gasteiger partial charge in [0.1, 0.15) is 5.75 Å². The van der Waals surface area contributed by atoms with E-state index in [4.69, 9.17) is 4.74 Å². The number of aliphatic hydroxyl groups excluding tert-OH is 1. The number of aromatic nitrogens is 1. The van der Waals surface area contributed by atoms with Crippen molar-refractivity contribution in [2.75, 3.05) is 33.3 Å². The van der Waals surface area contributed by atoms with Crippen molar-refractivity contribution in [3.63, 3.8) is 0 Å². The molecule has 0 aromatic carbocycles. The second-order valence-electron chi connectivity index (χ2n) is 5.24. The zero-order chi connectivity index (χ0) is 14.5. The van der Waals surface area contributed by atoms with Crippen molar-refractivity contribution in [1.82, 2.24) is 15.2 Å². The highest BCUT2D eigenvalue weighted by atomic mass is 16.5. The van der Waals surface area contributed by atoms with E-state index in [1.54, 1.807) is 13.1 Å². The van der Waals surface area contributed by atoms with Crippen molar-refractivity contribution in [3.05, 3.63) is 23.0 Å². The molecular formula is C14H23N3O3. The number of aromatic hydroxyl groups is 1. The van der Waals surface area contributed by atoms with Gasteiger partial charge in [-0.05, 0) is 14.0 Å². The molecule has 1 aliphatic rings. The molecule has 1 saturated heterocycles. The van der Waals surface area contributed by atoms with Gasteiger partial charge in [-0.25, -0.2) is 0 Å². The highest BCUT2D eigenvalue weighted by Crippen LogP contribution is 2.23. The summed E-state index contributed by atoms with van der Waals surface area (Å²) >= 11 is 0. The van der Waals surface area contributed by atoms with Gasteiger partial charge in [-0.15, -0.1) is 0 Å². The normalized spacial score (nSPS) is 20.2. The Morgan fingerprint density at radius 1 is 1.55 bits per heavy atom. The SMILES string of the molecule is Cc1ncc(CO)c(CNCC2CN(C)CCO2)c1O. The molecule has 2 rings (SSSR count). The fourth-order valence-electron chi connectivity index (χ4n) is 2.37. The minimum absolute atomic E-state index is 0.124. The van der Waals surface area contributed by atoms with E-state index in [2.05, 4.69) is 22.2 Å². The number of hydrogen-bond acceptors (Lipinski definition) is 6. The molecule has 0 amide bonds. The van der Waals surface area contributed by atoms with Crippen LogP contribution in [0, 0.1) is 6.92 Å². The maximum absolute atomic E-state index is 10.0. The van der Waals surface area contributed by atoms with Gasteiger partial charge >= 0.3 is 0 Å². The van der Waals surface area contributed by atoms with Crippen LogP contribution in [0.1, 0.15) is 16.8 Å². The lowest BCUT2D eigenvalue weighted by molar-refractivity contribution is -0.0182. The van der Waals surface area contributed by atoms with Crippen molar-refractivity contribution in [2.45, 2.75) is 26.2 Å². The fraction of sp³-hybridized carbons (Fsp3) is 0.643. The van der Waals surface area contributed by atoms with Crippen LogP contribution >= 0.6 is 0 Å². The highest BCUT2D eigenvalue weighted by molar-refractivity contribution is 5.40. The van der Waals surface area contributed by atoms with E-state index in [1.165, 1.54) is 0 Å². The van der Waals surface area contributed by atoms with Gasteiger partial charge in [-0.3, -0.25) is 4.98 Å². The number of morpholine rings is 1. The molecule has 0 bridgehead atoms. The summed E-state index contributed by atoms with van der Waals surface area (Å²) in [5.74, 6) is 0.158. The number of nitrogens with zero attached hydrogens (tertiary/aromatic N) is 2. The van der Waals surface area contributed by atoms with E-state index >= 15 is 0 Å². The topological polar surface area (TPSA) is 77.9 Å².